The lowest BCUT2D eigenvalue weighted by atomic mass is 10.0. The molecule has 0 saturated heterocycles. The second-order valence-electron chi connectivity index (χ2n) is 4.91. The van der Waals surface area contributed by atoms with Crippen LogP contribution in [0.2, 0.25) is 0 Å². The van der Waals surface area contributed by atoms with Crippen molar-refractivity contribution in [2.45, 2.75) is 33.2 Å². The van der Waals surface area contributed by atoms with E-state index in [4.69, 9.17) is 0 Å². The normalized spacial score (nSPS) is 12.6. The molecular weight excluding hydrogens is 358 g/mol. The zero-order valence-electron chi connectivity index (χ0n) is 11.0. The molecule has 0 fully saturated rings. The smallest absolute Gasteiger partial charge is 0.251 e. The monoisotopic (exact) mass is 375 g/mol. The van der Waals surface area contributed by atoms with E-state index in [1.807, 2.05) is 25.1 Å². The zero-order chi connectivity index (χ0) is 13.7. The summed E-state index contributed by atoms with van der Waals surface area (Å²) in [4.78, 5) is 12.2. The molecule has 0 aromatic heterocycles. The highest BCUT2D eigenvalue weighted by Crippen LogP contribution is 2.16. The summed E-state index contributed by atoms with van der Waals surface area (Å²) in [6, 6.07) is 5.89. The SMILES string of the molecule is Cc1cc(Br)ccc1C(=O)NC(CBr)CC(C)C. The van der Waals surface area contributed by atoms with Crippen LogP contribution in [-0.2, 0) is 0 Å². The van der Waals surface area contributed by atoms with E-state index >= 15 is 0 Å². The maximum absolute atomic E-state index is 12.2. The Labute approximate surface area is 126 Å². The highest BCUT2D eigenvalue weighted by molar-refractivity contribution is 9.10. The number of rotatable bonds is 5. The molecule has 1 aromatic carbocycles. The Bertz CT molecular complexity index is 418. The molecule has 1 aromatic rings. The minimum atomic E-state index is 0.00472. The topological polar surface area (TPSA) is 29.1 Å². The van der Waals surface area contributed by atoms with E-state index < -0.39 is 0 Å². The molecule has 1 amide bonds. The van der Waals surface area contributed by atoms with Crippen molar-refractivity contribution in [1.29, 1.82) is 0 Å². The van der Waals surface area contributed by atoms with Crippen molar-refractivity contribution in [2.75, 3.05) is 5.33 Å². The van der Waals surface area contributed by atoms with Crippen LogP contribution in [0.1, 0.15) is 36.2 Å². The van der Waals surface area contributed by atoms with Crippen LogP contribution in [0.3, 0.4) is 0 Å². The number of alkyl halides is 1. The third-order valence-corrected chi connectivity index (χ3v) is 3.99. The van der Waals surface area contributed by atoms with Gasteiger partial charge in [0.25, 0.3) is 5.91 Å². The lowest BCUT2D eigenvalue weighted by Gasteiger charge is -2.19. The first kappa shape index (κ1) is 15.7. The largest absolute Gasteiger partial charge is 0.348 e. The zero-order valence-corrected chi connectivity index (χ0v) is 14.1. The Morgan fingerprint density at radius 2 is 2.06 bits per heavy atom. The number of hydrogen-bond donors (Lipinski definition) is 1. The quantitative estimate of drug-likeness (QED) is 0.762. The Morgan fingerprint density at radius 1 is 1.39 bits per heavy atom. The van der Waals surface area contributed by atoms with E-state index in [0.717, 1.165) is 27.4 Å². The third kappa shape index (κ3) is 4.73. The average Bonchev–Trinajstić information content (AvgIpc) is 2.27. The highest BCUT2D eigenvalue weighted by Gasteiger charge is 2.15. The minimum absolute atomic E-state index is 0.00472. The molecule has 0 radical (unpaired) electrons. The van der Waals surface area contributed by atoms with Crippen LogP contribution in [0.4, 0.5) is 0 Å². The molecule has 0 spiro atoms. The molecule has 0 saturated carbocycles. The van der Waals surface area contributed by atoms with Crippen LogP contribution in [0.15, 0.2) is 22.7 Å². The standard InChI is InChI=1S/C14H19Br2NO/c1-9(2)6-12(8-15)17-14(18)13-5-4-11(16)7-10(13)3/h4-5,7,9,12H,6,8H2,1-3H3,(H,17,18). The Morgan fingerprint density at radius 3 is 2.56 bits per heavy atom. The number of carbonyl (C=O) groups excluding carboxylic acids is 1. The van der Waals surface area contributed by atoms with Crippen LogP contribution in [0.5, 0.6) is 0 Å². The molecule has 0 heterocycles. The number of aryl methyl sites for hydroxylation is 1. The van der Waals surface area contributed by atoms with Gasteiger partial charge in [0.15, 0.2) is 0 Å². The van der Waals surface area contributed by atoms with Gasteiger partial charge in [0.1, 0.15) is 0 Å². The molecule has 1 atom stereocenters. The maximum atomic E-state index is 12.2. The van der Waals surface area contributed by atoms with Gasteiger partial charge >= 0.3 is 0 Å². The summed E-state index contributed by atoms with van der Waals surface area (Å²) in [7, 11) is 0. The summed E-state index contributed by atoms with van der Waals surface area (Å²) in [6.45, 7) is 6.27. The van der Waals surface area contributed by atoms with Crippen molar-refractivity contribution < 1.29 is 4.79 Å². The molecule has 0 aliphatic heterocycles. The summed E-state index contributed by atoms with van der Waals surface area (Å²) in [5, 5.41) is 3.86. The Balaban J connectivity index is 2.74. The molecule has 1 unspecified atom stereocenters. The molecule has 1 rings (SSSR count). The van der Waals surface area contributed by atoms with E-state index in [2.05, 4.69) is 51.0 Å². The van der Waals surface area contributed by atoms with Crippen molar-refractivity contribution in [3.63, 3.8) is 0 Å². The minimum Gasteiger partial charge on any atom is -0.348 e. The number of hydrogen-bond acceptors (Lipinski definition) is 1. The van der Waals surface area contributed by atoms with Crippen molar-refractivity contribution in [2.24, 2.45) is 5.92 Å². The number of carbonyl (C=O) groups is 1. The summed E-state index contributed by atoms with van der Waals surface area (Å²) in [5.41, 5.74) is 1.73. The summed E-state index contributed by atoms with van der Waals surface area (Å²) in [6.07, 6.45) is 0.979. The van der Waals surface area contributed by atoms with Crippen LogP contribution >= 0.6 is 31.9 Å². The number of amides is 1. The average molecular weight is 377 g/mol. The van der Waals surface area contributed by atoms with Gasteiger partial charge in [0, 0.05) is 21.4 Å². The third-order valence-electron chi connectivity index (χ3n) is 2.71. The van der Waals surface area contributed by atoms with Crippen molar-refractivity contribution in [3.8, 4) is 0 Å². The molecular formula is C14H19Br2NO. The van der Waals surface area contributed by atoms with Gasteiger partial charge in [0.2, 0.25) is 0 Å². The van der Waals surface area contributed by atoms with Gasteiger partial charge in [-0.3, -0.25) is 4.79 Å². The van der Waals surface area contributed by atoms with Crippen molar-refractivity contribution >= 4 is 37.8 Å². The van der Waals surface area contributed by atoms with Crippen LogP contribution in [-0.4, -0.2) is 17.3 Å². The highest BCUT2D eigenvalue weighted by atomic mass is 79.9. The summed E-state index contributed by atoms with van der Waals surface area (Å²) in [5.74, 6) is 0.573. The summed E-state index contributed by atoms with van der Waals surface area (Å²) < 4.78 is 0.996. The van der Waals surface area contributed by atoms with E-state index in [9.17, 15) is 4.79 Å². The number of benzene rings is 1. The van der Waals surface area contributed by atoms with Crippen LogP contribution in [0.25, 0.3) is 0 Å². The fourth-order valence-electron chi connectivity index (χ4n) is 1.87. The van der Waals surface area contributed by atoms with E-state index in [1.54, 1.807) is 0 Å². The molecule has 1 N–H and O–H groups in total. The van der Waals surface area contributed by atoms with E-state index in [0.29, 0.717) is 5.92 Å². The van der Waals surface area contributed by atoms with Gasteiger partial charge in [0.05, 0.1) is 0 Å². The molecule has 18 heavy (non-hydrogen) atoms. The molecule has 0 aliphatic carbocycles. The van der Waals surface area contributed by atoms with Gasteiger partial charge in [-0.05, 0) is 43.0 Å². The van der Waals surface area contributed by atoms with Crippen LogP contribution < -0.4 is 5.32 Å². The maximum Gasteiger partial charge on any atom is 0.251 e. The summed E-state index contributed by atoms with van der Waals surface area (Å²) >= 11 is 6.86. The van der Waals surface area contributed by atoms with Crippen molar-refractivity contribution in [1.82, 2.24) is 5.32 Å². The predicted octanol–water partition coefficient (Wildman–Crippen LogP) is 4.30. The van der Waals surface area contributed by atoms with Gasteiger partial charge < -0.3 is 5.32 Å². The lowest BCUT2D eigenvalue weighted by Crippen LogP contribution is -2.37. The second kappa shape index (κ2) is 7.29. The van der Waals surface area contributed by atoms with Gasteiger partial charge in [-0.2, -0.15) is 0 Å². The Hall–Kier alpha value is -0.350. The Kier molecular flexibility index (Phi) is 6.36. The molecule has 100 valence electrons. The first-order valence-electron chi connectivity index (χ1n) is 6.07. The molecule has 0 aliphatic rings. The van der Waals surface area contributed by atoms with Gasteiger partial charge in [-0.25, -0.2) is 0 Å². The first-order chi connectivity index (χ1) is 8.43. The molecule has 4 heteroatoms. The molecule has 2 nitrogen and oxygen atoms in total. The van der Waals surface area contributed by atoms with Crippen LogP contribution in [0, 0.1) is 12.8 Å². The molecule has 0 bridgehead atoms. The van der Waals surface area contributed by atoms with Gasteiger partial charge in [-0.15, -0.1) is 0 Å². The van der Waals surface area contributed by atoms with Crippen molar-refractivity contribution in [3.05, 3.63) is 33.8 Å². The first-order valence-corrected chi connectivity index (χ1v) is 7.98. The van der Waals surface area contributed by atoms with E-state index in [-0.39, 0.29) is 11.9 Å². The predicted molar refractivity (Wildman–Crippen MR) is 83.4 cm³/mol. The fraction of sp³-hybridized carbons (Fsp3) is 0.500. The lowest BCUT2D eigenvalue weighted by molar-refractivity contribution is 0.0936. The number of nitrogens with one attached hydrogen (secondary N) is 1. The fourth-order valence-corrected chi connectivity index (χ4v) is 2.78. The van der Waals surface area contributed by atoms with E-state index in [1.165, 1.54) is 0 Å². The second-order valence-corrected chi connectivity index (χ2v) is 6.48. The number of halogens is 2. The van der Waals surface area contributed by atoms with Gasteiger partial charge in [-0.1, -0.05) is 45.7 Å².